The highest BCUT2D eigenvalue weighted by molar-refractivity contribution is 5.81. The Balaban J connectivity index is 1.94. The van der Waals surface area contributed by atoms with Crippen molar-refractivity contribution in [2.45, 2.75) is 32.5 Å². The van der Waals surface area contributed by atoms with Gasteiger partial charge >= 0.3 is 0 Å². The van der Waals surface area contributed by atoms with Gasteiger partial charge in [0.2, 0.25) is 5.91 Å². The molecular weight excluding hydrogens is 336 g/mol. The Morgan fingerprint density at radius 1 is 0.926 bits per heavy atom. The summed E-state index contributed by atoms with van der Waals surface area (Å²) in [6.45, 7) is 3.26. The Morgan fingerprint density at radius 2 is 1.63 bits per heavy atom. The lowest BCUT2D eigenvalue weighted by atomic mass is 10.0. The molecule has 0 spiro atoms. The Labute approximate surface area is 159 Å². The number of carbonyl (C=O) groups is 1. The molecule has 1 amide bonds. The number of nitrogens with two attached hydrogens (primary N) is 1. The zero-order valence-electron chi connectivity index (χ0n) is 15.5. The summed E-state index contributed by atoms with van der Waals surface area (Å²) in [6, 6.07) is 15.4. The normalized spacial score (nSPS) is 12.1. The van der Waals surface area contributed by atoms with E-state index in [1.807, 2.05) is 42.6 Å². The van der Waals surface area contributed by atoms with Crippen molar-refractivity contribution in [2.75, 3.05) is 0 Å². The van der Waals surface area contributed by atoms with E-state index in [1.165, 1.54) is 5.56 Å². The number of benzene rings is 1. The Bertz CT molecular complexity index is 809. The summed E-state index contributed by atoms with van der Waals surface area (Å²) in [5.74, 6) is -0.364. The van der Waals surface area contributed by atoms with Crippen LogP contribution in [0.5, 0.6) is 0 Å². The maximum atomic E-state index is 12.4. The monoisotopic (exact) mass is 360 g/mol. The molecule has 0 bridgehead atoms. The molecule has 0 saturated carbocycles. The van der Waals surface area contributed by atoms with Gasteiger partial charge in [-0.25, -0.2) is 0 Å². The number of aryl methyl sites for hydroxylation is 1. The summed E-state index contributed by atoms with van der Waals surface area (Å²) in [7, 11) is 0. The van der Waals surface area contributed by atoms with Crippen LogP contribution in [0.4, 0.5) is 0 Å². The van der Waals surface area contributed by atoms with Crippen molar-refractivity contribution in [2.24, 2.45) is 5.73 Å². The molecule has 5 nitrogen and oxygen atoms in total. The van der Waals surface area contributed by atoms with Crippen LogP contribution in [-0.2, 0) is 24.3 Å². The van der Waals surface area contributed by atoms with E-state index in [-0.39, 0.29) is 5.91 Å². The van der Waals surface area contributed by atoms with Crippen molar-refractivity contribution in [3.63, 3.8) is 0 Å². The van der Waals surface area contributed by atoms with Gasteiger partial charge in [0.1, 0.15) is 6.04 Å². The highest BCUT2D eigenvalue weighted by Crippen LogP contribution is 2.25. The van der Waals surface area contributed by atoms with E-state index in [0.29, 0.717) is 13.1 Å². The Hall–Kier alpha value is -3.05. The zero-order valence-corrected chi connectivity index (χ0v) is 15.5. The summed E-state index contributed by atoms with van der Waals surface area (Å²) in [4.78, 5) is 22.8. The van der Waals surface area contributed by atoms with Crippen molar-refractivity contribution in [1.82, 2.24) is 14.9 Å². The predicted octanol–water partition coefficient (Wildman–Crippen LogP) is 3.27. The third-order valence-electron chi connectivity index (χ3n) is 4.58. The van der Waals surface area contributed by atoms with Crippen LogP contribution in [0.2, 0.25) is 0 Å². The highest BCUT2D eigenvalue weighted by atomic mass is 16.1. The van der Waals surface area contributed by atoms with Gasteiger partial charge in [-0.3, -0.25) is 19.7 Å². The topological polar surface area (TPSA) is 72.1 Å². The Morgan fingerprint density at radius 3 is 2.22 bits per heavy atom. The van der Waals surface area contributed by atoms with Crippen molar-refractivity contribution < 1.29 is 4.79 Å². The van der Waals surface area contributed by atoms with E-state index in [9.17, 15) is 4.79 Å². The minimum atomic E-state index is -0.524. The van der Waals surface area contributed by atoms with Crippen LogP contribution in [0.1, 0.15) is 35.2 Å². The van der Waals surface area contributed by atoms with E-state index in [0.717, 1.165) is 23.1 Å². The lowest BCUT2D eigenvalue weighted by Gasteiger charge is -2.30. The van der Waals surface area contributed by atoms with Crippen LogP contribution < -0.4 is 5.73 Å². The summed E-state index contributed by atoms with van der Waals surface area (Å²) in [5, 5.41) is 0. The first-order valence-corrected chi connectivity index (χ1v) is 9.07. The van der Waals surface area contributed by atoms with Crippen molar-refractivity contribution >= 4 is 5.91 Å². The average Bonchev–Trinajstić information content (AvgIpc) is 2.70. The molecule has 0 fully saturated rings. The lowest BCUT2D eigenvalue weighted by molar-refractivity contribution is -0.124. The number of rotatable bonds is 8. The van der Waals surface area contributed by atoms with Gasteiger partial charge in [0.15, 0.2) is 0 Å². The molecule has 1 atom stereocenters. The van der Waals surface area contributed by atoms with Gasteiger partial charge in [0, 0.05) is 37.9 Å². The second-order valence-electron chi connectivity index (χ2n) is 6.52. The van der Waals surface area contributed by atoms with Gasteiger partial charge in [-0.05, 0) is 46.9 Å². The molecule has 0 aliphatic rings. The smallest absolute Gasteiger partial charge is 0.239 e. The lowest BCUT2D eigenvalue weighted by Crippen LogP contribution is -2.37. The first-order chi connectivity index (χ1) is 13.2. The molecule has 3 aromatic rings. The van der Waals surface area contributed by atoms with Gasteiger partial charge in [-0.2, -0.15) is 0 Å². The van der Waals surface area contributed by atoms with Crippen LogP contribution in [0.15, 0.2) is 73.3 Å². The molecular formula is C22H24N4O. The molecule has 5 heteroatoms. The van der Waals surface area contributed by atoms with E-state index in [4.69, 9.17) is 5.73 Å². The fourth-order valence-electron chi connectivity index (χ4n) is 3.18. The van der Waals surface area contributed by atoms with Crippen molar-refractivity contribution in [3.8, 4) is 0 Å². The molecule has 0 aliphatic carbocycles. The summed E-state index contributed by atoms with van der Waals surface area (Å²) in [6.07, 6.45) is 8.03. The molecule has 0 aliphatic heterocycles. The predicted molar refractivity (Wildman–Crippen MR) is 105 cm³/mol. The van der Waals surface area contributed by atoms with Crippen LogP contribution in [0, 0.1) is 0 Å². The second-order valence-corrected chi connectivity index (χ2v) is 6.52. The van der Waals surface area contributed by atoms with Crippen molar-refractivity contribution in [3.05, 3.63) is 95.6 Å². The van der Waals surface area contributed by atoms with Gasteiger partial charge < -0.3 is 5.73 Å². The number of pyridine rings is 2. The molecule has 138 valence electrons. The summed E-state index contributed by atoms with van der Waals surface area (Å²) < 4.78 is 0. The van der Waals surface area contributed by atoms with Gasteiger partial charge in [-0.1, -0.05) is 37.3 Å². The largest absolute Gasteiger partial charge is 0.368 e. The molecule has 3 rings (SSSR count). The highest BCUT2D eigenvalue weighted by Gasteiger charge is 2.26. The standard InChI is InChI=1S/C22H24N4O/c1-2-17-5-7-20(8-6-17)21(22(23)27)26(15-18-9-12-24-13-10-18)16-19-4-3-11-25-14-19/h3-14,21H,2,15-16H2,1H3,(H2,23,27). The van der Waals surface area contributed by atoms with Crippen LogP contribution >= 0.6 is 0 Å². The average molecular weight is 360 g/mol. The van der Waals surface area contributed by atoms with Gasteiger partial charge in [0.05, 0.1) is 0 Å². The molecule has 2 aromatic heterocycles. The van der Waals surface area contributed by atoms with Crippen LogP contribution in [0.25, 0.3) is 0 Å². The molecule has 27 heavy (non-hydrogen) atoms. The number of carbonyl (C=O) groups excluding carboxylic acids is 1. The number of aromatic nitrogens is 2. The van der Waals surface area contributed by atoms with Gasteiger partial charge in [0.25, 0.3) is 0 Å². The molecule has 2 heterocycles. The molecule has 0 radical (unpaired) electrons. The number of amides is 1. The summed E-state index contributed by atoms with van der Waals surface area (Å²) in [5.41, 5.74) is 10.1. The van der Waals surface area contributed by atoms with Crippen LogP contribution in [0.3, 0.4) is 0 Å². The quantitative estimate of drug-likeness (QED) is 0.669. The second kappa shape index (κ2) is 9.05. The fraction of sp³-hybridized carbons (Fsp3) is 0.227. The number of nitrogens with zero attached hydrogens (tertiary/aromatic N) is 3. The van der Waals surface area contributed by atoms with E-state index >= 15 is 0 Å². The number of hydrogen-bond acceptors (Lipinski definition) is 4. The minimum Gasteiger partial charge on any atom is -0.368 e. The van der Waals surface area contributed by atoms with E-state index in [2.05, 4.69) is 33.9 Å². The third kappa shape index (κ3) is 4.99. The fourth-order valence-corrected chi connectivity index (χ4v) is 3.18. The third-order valence-corrected chi connectivity index (χ3v) is 4.58. The Kier molecular flexibility index (Phi) is 6.28. The van der Waals surface area contributed by atoms with Crippen molar-refractivity contribution in [1.29, 1.82) is 0 Å². The number of hydrogen-bond donors (Lipinski definition) is 1. The SMILES string of the molecule is CCc1ccc(C(C(N)=O)N(Cc2ccncc2)Cc2cccnc2)cc1. The molecule has 0 saturated heterocycles. The van der Waals surface area contributed by atoms with E-state index in [1.54, 1.807) is 18.6 Å². The first kappa shape index (κ1) is 18.7. The minimum absolute atomic E-state index is 0.364. The number of primary amides is 1. The zero-order chi connectivity index (χ0) is 19.1. The molecule has 1 aromatic carbocycles. The maximum absolute atomic E-state index is 12.4. The van der Waals surface area contributed by atoms with E-state index < -0.39 is 6.04 Å². The maximum Gasteiger partial charge on any atom is 0.239 e. The van der Waals surface area contributed by atoms with Crippen LogP contribution in [-0.4, -0.2) is 20.8 Å². The van der Waals surface area contributed by atoms with Gasteiger partial charge in [-0.15, -0.1) is 0 Å². The molecule has 2 N–H and O–H groups in total. The molecule has 1 unspecified atom stereocenters. The summed E-state index contributed by atoms with van der Waals surface area (Å²) >= 11 is 0. The first-order valence-electron chi connectivity index (χ1n) is 9.07.